The van der Waals surface area contributed by atoms with E-state index >= 15 is 0 Å². The van der Waals surface area contributed by atoms with Crippen LogP contribution in [0.4, 0.5) is 0 Å². The predicted octanol–water partition coefficient (Wildman–Crippen LogP) is 1.67. The summed E-state index contributed by atoms with van der Waals surface area (Å²) >= 11 is 0. The van der Waals surface area contributed by atoms with Crippen LogP contribution >= 0.6 is 0 Å². The standard InChI is InChI=1S/C12H22O4/c1-4-11(5-2)10(3)12(14)16-9-8-15-7-6-13/h13H,4-9H2,1-3H3. The van der Waals surface area contributed by atoms with Crippen molar-refractivity contribution in [2.24, 2.45) is 0 Å². The molecular weight excluding hydrogens is 208 g/mol. The Balaban J connectivity index is 3.92. The van der Waals surface area contributed by atoms with Gasteiger partial charge in [-0.2, -0.15) is 0 Å². The summed E-state index contributed by atoms with van der Waals surface area (Å²) in [6, 6.07) is 0. The fraction of sp³-hybridized carbons (Fsp3) is 0.750. The smallest absolute Gasteiger partial charge is 0.333 e. The molecule has 0 bridgehead atoms. The summed E-state index contributed by atoms with van der Waals surface area (Å²) in [6.45, 7) is 6.67. The van der Waals surface area contributed by atoms with Crippen LogP contribution in [0.1, 0.15) is 33.6 Å². The third-order valence-corrected chi connectivity index (χ3v) is 2.39. The molecule has 0 heterocycles. The van der Waals surface area contributed by atoms with Gasteiger partial charge in [0.05, 0.1) is 19.8 Å². The van der Waals surface area contributed by atoms with Crippen molar-refractivity contribution in [1.82, 2.24) is 0 Å². The molecule has 0 rings (SSSR count). The number of carbonyl (C=O) groups excluding carboxylic acids is 1. The Morgan fingerprint density at radius 1 is 1.12 bits per heavy atom. The van der Waals surface area contributed by atoms with Gasteiger partial charge in [-0.3, -0.25) is 0 Å². The number of allylic oxidation sites excluding steroid dienone is 1. The molecule has 0 spiro atoms. The molecule has 0 aliphatic rings. The van der Waals surface area contributed by atoms with E-state index in [2.05, 4.69) is 0 Å². The molecule has 0 aromatic carbocycles. The molecule has 94 valence electrons. The molecule has 0 unspecified atom stereocenters. The van der Waals surface area contributed by atoms with Crippen LogP contribution in [0.25, 0.3) is 0 Å². The lowest BCUT2D eigenvalue weighted by atomic mass is 10.1. The minimum atomic E-state index is -0.272. The van der Waals surface area contributed by atoms with E-state index in [1.165, 1.54) is 0 Å². The number of aliphatic hydroxyl groups excluding tert-OH is 1. The van der Waals surface area contributed by atoms with Gasteiger partial charge in [0.1, 0.15) is 6.61 Å². The molecule has 0 aliphatic heterocycles. The summed E-state index contributed by atoms with van der Waals surface area (Å²) in [6.07, 6.45) is 1.75. The first kappa shape index (κ1) is 15.1. The van der Waals surface area contributed by atoms with Crippen molar-refractivity contribution in [2.45, 2.75) is 33.6 Å². The van der Waals surface area contributed by atoms with Gasteiger partial charge < -0.3 is 14.6 Å². The predicted molar refractivity (Wildman–Crippen MR) is 62.1 cm³/mol. The molecule has 4 heteroatoms. The van der Waals surface area contributed by atoms with Crippen LogP contribution in [0.2, 0.25) is 0 Å². The molecule has 0 radical (unpaired) electrons. The van der Waals surface area contributed by atoms with Gasteiger partial charge >= 0.3 is 5.97 Å². The van der Waals surface area contributed by atoms with E-state index < -0.39 is 0 Å². The Morgan fingerprint density at radius 2 is 1.75 bits per heavy atom. The first-order valence-corrected chi connectivity index (χ1v) is 5.71. The summed E-state index contributed by atoms with van der Waals surface area (Å²) in [7, 11) is 0. The molecule has 4 nitrogen and oxygen atoms in total. The maximum atomic E-state index is 11.5. The van der Waals surface area contributed by atoms with Gasteiger partial charge in [0.2, 0.25) is 0 Å². The highest BCUT2D eigenvalue weighted by molar-refractivity contribution is 5.88. The van der Waals surface area contributed by atoms with Crippen molar-refractivity contribution in [3.63, 3.8) is 0 Å². The van der Waals surface area contributed by atoms with Crippen LogP contribution in [-0.4, -0.2) is 37.5 Å². The second-order valence-corrected chi connectivity index (χ2v) is 3.41. The van der Waals surface area contributed by atoms with Gasteiger partial charge in [-0.25, -0.2) is 4.79 Å². The van der Waals surface area contributed by atoms with Crippen LogP contribution in [0.15, 0.2) is 11.1 Å². The third kappa shape index (κ3) is 5.88. The van der Waals surface area contributed by atoms with Crippen molar-refractivity contribution in [2.75, 3.05) is 26.4 Å². The number of ether oxygens (including phenoxy) is 2. The Labute approximate surface area is 97.2 Å². The molecular formula is C12H22O4. The number of carbonyl (C=O) groups is 1. The molecule has 0 fully saturated rings. The maximum Gasteiger partial charge on any atom is 0.333 e. The summed E-state index contributed by atoms with van der Waals surface area (Å²) in [4.78, 5) is 11.5. The average Bonchev–Trinajstić information content (AvgIpc) is 2.30. The van der Waals surface area contributed by atoms with Crippen LogP contribution in [0, 0.1) is 0 Å². The topological polar surface area (TPSA) is 55.8 Å². The van der Waals surface area contributed by atoms with E-state index in [0.717, 1.165) is 18.4 Å². The van der Waals surface area contributed by atoms with Crippen molar-refractivity contribution in [3.05, 3.63) is 11.1 Å². The summed E-state index contributed by atoms with van der Waals surface area (Å²) in [5.41, 5.74) is 1.83. The minimum Gasteiger partial charge on any atom is -0.460 e. The quantitative estimate of drug-likeness (QED) is 0.391. The lowest BCUT2D eigenvalue weighted by molar-refractivity contribution is -0.140. The van der Waals surface area contributed by atoms with Crippen LogP contribution in [-0.2, 0) is 14.3 Å². The lowest BCUT2D eigenvalue weighted by Crippen LogP contribution is -2.13. The van der Waals surface area contributed by atoms with E-state index in [-0.39, 0.29) is 25.8 Å². The molecule has 1 N–H and O–H groups in total. The van der Waals surface area contributed by atoms with Gasteiger partial charge in [-0.1, -0.05) is 19.4 Å². The number of hydrogen-bond acceptors (Lipinski definition) is 4. The van der Waals surface area contributed by atoms with Crippen molar-refractivity contribution in [1.29, 1.82) is 0 Å². The molecule has 0 atom stereocenters. The molecule has 0 aliphatic carbocycles. The molecule has 0 saturated heterocycles. The SMILES string of the molecule is CCC(CC)=C(C)C(=O)OCCOCCO. The maximum absolute atomic E-state index is 11.5. The number of esters is 1. The lowest BCUT2D eigenvalue weighted by Gasteiger charge is -2.09. The van der Waals surface area contributed by atoms with E-state index in [9.17, 15) is 4.79 Å². The zero-order valence-electron chi connectivity index (χ0n) is 10.4. The van der Waals surface area contributed by atoms with E-state index in [4.69, 9.17) is 14.6 Å². The van der Waals surface area contributed by atoms with Crippen molar-refractivity contribution >= 4 is 5.97 Å². The van der Waals surface area contributed by atoms with E-state index in [0.29, 0.717) is 12.2 Å². The van der Waals surface area contributed by atoms with E-state index in [1.54, 1.807) is 6.92 Å². The monoisotopic (exact) mass is 230 g/mol. The molecule has 0 saturated carbocycles. The Hall–Kier alpha value is -0.870. The van der Waals surface area contributed by atoms with Crippen LogP contribution < -0.4 is 0 Å². The second-order valence-electron chi connectivity index (χ2n) is 3.41. The Morgan fingerprint density at radius 3 is 2.25 bits per heavy atom. The largest absolute Gasteiger partial charge is 0.460 e. The van der Waals surface area contributed by atoms with Crippen molar-refractivity contribution < 1.29 is 19.4 Å². The van der Waals surface area contributed by atoms with Gasteiger partial charge in [0.25, 0.3) is 0 Å². The Kier molecular flexibility index (Phi) is 8.85. The molecule has 0 aromatic rings. The summed E-state index contributed by atoms with van der Waals surface area (Å²) in [5.74, 6) is -0.272. The van der Waals surface area contributed by atoms with Gasteiger partial charge in [0.15, 0.2) is 0 Å². The number of aliphatic hydroxyl groups is 1. The fourth-order valence-corrected chi connectivity index (χ4v) is 1.39. The van der Waals surface area contributed by atoms with Gasteiger partial charge in [-0.15, -0.1) is 0 Å². The molecule has 0 aromatic heterocycles. The van der Waals surface area contributed by atoms with E-state index in [1.807, 2.05) is 13.8 Å². The second kappa shape index (κ2) is 9.36. The Bertz CT molecular complexity index is 227. The zero-order chi connectivity index (χ0) is 12.4. The van der Waals surface area contributed by atoms with Crippen LogP contribution in [0.5, 0.6) is 0 Å². The minimum absolute atomic E-state index is 0.0112. The third-order valence-electron chi connectivity index (χ3n) is 2.39. The molecule has 0 amide bonds. The average molecular weight is 230 g/mol. The highest BCUT2D eigenvalue weighted by Crippen LogP contribution is 2.13. The highest BCUT2D eigenvalue weighted by atomic mass is 16.6. The normalized spacial score (nSPS) is 10.0. The highest BCUT2D eigenvalue weighted by Gasteiger charge is 2.09. The summed E-state index contributed by atoms with van der Waals surface area (Å²) in [5, 5.41) is 8.46. The van der Waals surface area contributed by atoms with Gasteiger partial charge in [0, 0.05) is 5.57 Å². The fourth-order valence-electron chi connectivity index (χ4n) is 1.39. The van der Waals surface area contributed by atoms with Crippen LogP contribution in [0.3, 0.4) is 0 Å². The first-order valence-electron chi connectivity index (χ1n) is 5.71. The molecule has 16 heavy (non-hydrogen) atoms. The van der Waals surface area contributed by atoms with Gasteiger partial charge in [-0.05, 0) is 19.8 Å². The van der Waals surface area contributed by atoms with Crippen molar-refractivity contribution in [3.8, 4) is 0 Å². The number of hydrogen-bond donors (Lipinski definition) is 1. The zero-order valence-corrected chi connectivity index (χ0v) is 10.4. The first-order chi connectivity index (χ1) is 7.67. The summed E-state index contributed by atoms with van der Waals surface area (Å²) < 4.78 is 10.0. The number of rotatable bonds is 8.